The molecule has 1 aliphatic rings. The topological polar surface area (TPSA) is 75.7 Å². The lowest BCUT2D eigenvalue weighted by atomic mass is 10.0. The second-order valence-corrected chi connectivity index (χ2v) is 11.8. The fourth-order valence-electron chi connectivity index (χ4n) is 4.16. The Balaban J connectivity index is 1.65. The number of nitrogens with one attached hydrogen (secondary N) is 1. The van der Waals surface area contributed by atoms with Gasteiger partial charge < -0.3 is 15.0 Å². The third kappa shape index (κ3) is 7.61. The van der Waals surface area contributed by atoms with Gasteiger partial charge in [-0.2, -0.15) is 0 Å². The van der Waals surface area contributed by atoms with Crippen LogP contribution >= 0.6 is 23.4 Å². The highest BCUT2D eigenvalue weighted by Crippen LogP contribution is 2.38. The summed E-state index contributed by atoms with van der Waals surface area (Å²) >= 11 is 7.28. The van der Waals surface area contributed by atoms with E-state index in [-0.39, 0.29) is 30.1 Å². The van der Waals surface area contributed by atoms with Gasteiger partial charge in [0.25, 0.3) is 5.91 Å². The number of Topliss-reactive ketones (excluding diaryl/α,β-unsaturated/α-hetero) is 1. The van der Waals surface area contributed by atoms with E-state index in [0.29, 0.717) is 22.0 Å². The monoisotopic (exact) mass is 568 g/mol. The molecule has 0 saturated carbocycles. The van der Waals surface area contributed by atoms with Gasteiger partial charge in [-0.3, -0.25) is 9.59 Å². The molecule has 1 N–H and O–H groups in total. The van der Waals surface area contributed by atoms with Crippen LogP contribution in [0.1, 0.15) is 48.7 Å². The van der Waals surface area contributed by atoms with Crippen molar-refractivity contribution in [2.45, 2.75) is 56.7 Å². The Kier molecular flexibility index (Phi) is 8.97. The number of rotatable bonds is 7. The number of carbonyl (C=O) groups excluding carboxylic acids is 3. The third-order valence-electron chi connectivity index (χ3n) is 6.04. The first-order valence-electron chi connectivity index (χ1n) is 12.6. The lowest BCUT2D eigenvalue weighted by Gasteiger charge is -2.27. The first kappa shape index (κ1) is 28.6. The predicted molar refractivity (Wildman–Crippen MR) is 152 cm³/mol. The van der Waals surface area contributed by atoms with E-state index < -0.39 is 29.5 Å². The fourth-order valence-corrected chi connectivity index (χ4v) is 5.36. The SMILES string of the molecule is CC(C)(C)OC(=O)N[C@H]1CSc2cc(F)c(C(=O)CCc3ccccc3)cc2N(Cc2ccc(Cl)cc2)C1=O. The van der Waals surface area contributed by atoms with Gasteiger partial charge in [-0.05, 0) is 62.6 Å². The normalized spacial score (nSPS) is 15.4. The Morgan fingerprint density at radius 2 is 1.77 bits per heavy atom. The molecule has 0 saturated heterocycles. The molecule has 2 amide bonds. The molecule has 0 unspecified atom stereocenters. The standard InChI is InChI=1S/C30H30ClFN2O4S/c1-30(2,3)38-29(37)33-24-18-39-27-16-23(32)22(26(35)14-11-19-7-5-4-6-8-19)15-25(27)34(28(24)36)17-20-9-12-21(31)13-10-20/h4-10,12-13,15-16,24H,11,14,17-18H2,1-3H3,(H,33,37)/t24-/m0/s1. The van der Waals surface area contributed by atoms with Crippen molar-refractivity contribution in [1.29, 1.82) is 0 Å². The Bertz CT molecular complexity index is 1360. The summed E-state index contributed by atoms with van der Waals surface area (Å²) in [4.78, 5) is 41.4. The number of carbonyl (C=O) groups is 3. The average Bonchev–Trinajstić information content (AvgIpc) is 2.99. The zero-order chi connectivity index (χ0) is 28.2. The van der Waals surface area contributed by atoms with Gasteiger partial charge in [-0.15, -0.1) is 11.8 Å². The molecular weight excluding hydrogens is 539 g/mol. The Hall–Kier alpha value is -3.36. The molecule has 4 rings (SSSR count). The van der Waals surface area contributed by atoms with Crippen molar-refractivity contribution >= 4 is 46.8 Å². The summed E-state index contributed by atoms with van der Waals surface area (Å²) < 4.78 is 20.6. The van der Waals surface area contributed by atoms with Crippen LogP contribution in [0.5, 0.6) is 0 Å². The number of amides is 2. The molecule has 0 aliphatic carbocycles. The molecule has 0 radical (unpaired) electrons. The maximum absolute atomic E-state index is 15.2. The molecule has 3 aromatic carbocycles. The van der Waals surface area contributed by atoms with Gasteiger partial charge in [0.1, 0.15) is 17.5 Å². The van der Waals surface area contributed by atoms with Crippen LogP contribution in [-0.4, -0.2) is 35.2 Å². The summed E-state index contributed by atoms with van der Waals surface area (Å²) in [5.41, 5.74) is 1.36. The highest BCUT2D eigenvalue weighted by molar-refractivity contribution is 7.99. The maximum atomic E-state index is 15.2. The molecule has 204 valence electrons. The summed E-state index contributed by atoms with van der Waals surface area (Å²) in [6.45, 7) is 5.34. The minimum atomic E-state index is -0.926. The van der Waals surface area contributed by atoms with E-state index in [4.69, 9.17) is 16.3 Å². The van der Waals surface area contributed by atoms with Crippen LogP contribution in [0.15, 0.2) is 71.6 Å². The Labute approximate surface area is 236 Å². The average molecular weight is 569 g/mol. The number of fused-ring (bicyclic) bond motifs is 1. The highest BCUT2D eigenvalue weighted by Gasteiger charge is 2.34. The number of aryl methyl sites for hydroxylation is 1. The largest absolute Gasteiger partial charge is 0.444 e. The maximum Gasteiger partial charge on any atom is 0.408 e. The minimum absolute atomic E-state index is 0.0715. The van der Waals surface area contributed by atoms with Crippen LogP contribution in [0.3, 0.4) is 0 Å². The molecule has 39 heavy (non-hydrogen) atoms. The molecule has 9 heteroatoms. The van der Waals surface area contributed by atoms with Crippen molar-refractivity contribution in [3.63, 3.8) is 0 Å². The first-order chi connectivity index (χ1) is 18.5. The highest BCUT2D eigenvalue weighted by atomic mass is 35.5. The summed E-state index contributed by atoms with van der Waals surface area (Å²) in [6, 6.07) is 18.4. The quantitative estimate of drug-likeness (QED) is 0.316. The molecule has 6 nitrogen and oxygen atoms in total. The molecule has 0 aromatic heterocycles. The number of hydrogen-bond donors (Lipinski definition) is 1. The van der Waals surface area contributed by atoms with Gasteiger partial charge >= 0.3 is 6.09 Å². The molecule has 1 heterocycles. The number of alkyl carbamates (subject to hydrolysis) is 1. The van der Waals surface area contributed by atoms with Gasteiger partial charge in [0.2, 0.25) is 0 Å². The molecule has 1 atom stereocenters. The number of ketones is 1. The lowest BCUT2D eigenvalue weighted by molar-refractivity contribution is -0.120. The van der Waals surface area contributed by atoms with Crippen molar-refractivity contribution in [2.75, 3.05) is 10.7 Å². The zero-order valence-corrected chi connectivity index (χ0v) is 23.6. The summed E-state index contributed by atoms with van der Waals surface area (Å²) in [5.74, 6) is -1.22. The molecule has 1 aliphatic heterocycles. The lowest BCUT2D eigenvalue weighted by Crippen LogP contribution is -2.50. The van der Waals surface area contributed by atoms with Gasteiger partial charge in [-0.25, -0.2) is 9.18 Å². The van der Waals surface area contributed by atoms with Crippen LogP contribution in [0, 0.1) is 5.82 Å². The predicted octanol–water partition coefficient (Wildman–Crippen LogP) is 6.83. The smallest absolute Gasteiger partial charge is 0.408 e. The summed E-state index contributed by atoms with van der Waals surface area (Å²) in [5, 5.41) is 3.21. The van der Waals surface area contributed by atoms with E-state index >= 15 is 4.39 Å². The van der Waals surface area contributed by atoms with Crippen LogP contribution in [0.25, 0.3) is 0 Å². The number of nitrogens with zero attached hydrogens (tertiary/aromatic N) is 1. The number of ether oxygens (including phenoxy) is 1. The van der Waals surface area contributed by atoms with Crippen molar-refractivity contribution in [2.24, 2.45) is 0 Å². The van der Waals surface area contributed by atoms with Gasteiger partial charge in [-0.1, -0.05) is 54.1 Å². The molecule has 0 bridgehead atoms. The van der Waals surface area contributed by atoms with Crippen molar-refractivity contribution < 1.29 is 23.5 Å². The van der Waals surface area contributed by atoms with Crippen LogP contribution < -0.4 is 10.2 Å². The van der Waals surface area contributed by atoms with Crippen molar-refractivity contribution in [3.05, 3.63) is 94.3 Å². The second kappa shape index (κ2) is 12.2. The summed E-state index contributed by atoms with van der Waals surface area (Å²) in [7, 11) is 0. The van der Waals surface area contributed by atoms with E-state index in [0.717, 1.165) is 11.1 Å². The molecular formula is C30H30ClFN2O4S. The number of hydrogen-bond acceptors (Lipinski definition) is 5. The first-order valence-corrected chi connectivity index (χ1v) is 14.0. The second-order valence-electron chi connectivity index (χ2n) is 10.3. The minimum Gasteiger partial charge on any atom is -0.444 e. The number of benzene rings is 3. The van der Waals surface area contributed by atoms with E-state index in [1.807, 2.05) is 30.3 Å². The third-order valence-corrected chi connectivity index (χ3v) is 7.43. The van der Waals surface area contributed by atoms with Gasteiger partial charge in [0, 0.05) is 22.1 Å². The van der Waals surface area contributed by atoms with Crippen LogP contribution in [0.4, 0.5) is 14.9 Å². The summed E-state index contributed by atoms with van der Waals surface area (Å²) in [6.07, 6.45) is -0.122. The molecule has 3 aromatic rings. The van der Waals surface area contributed by atoms with Crippen LogP contribution in [-0.2, 0) is 22.5 Å². The fraction of sp³-hybridized carbons (Fsp3) is 0.300. The van der Waals surface area contributed by atoms with Crippen LogP contribution in [0.2, 0.25) is 5.02 Å². The van der Waals surface area contributed by atoms with Crippen molar-refractivity contribution in [1.82, 2.24) is 5.32 Å². The molecule has 0 fully saturated rings. The van der Waals surface area contributed by atoms with Gasteiger partial charge in [0.05, 0.1) is 17.8 Å². The number of anilines is 1. The number of halogens is 2. The van der Waals surface area contributed by atoms with Gasteiger partial charge in [0.15, 0.2) is 5.78 Å². The zero-order valence-electron chi connectivity index (χ0n) is 22.0. The van der Waals surface area contributed by atoms with E-state index in [9.17, 15) is 14.4 Å². The van der Waals surface area contributed by atoms with E-state index in [2.05, 4.69) is 5.32 Å². The Morgan fingerprint density at radius 1 is 1.08 bits per heavy atom. The molecule has 0 spiro atoms. The van der Waals surface area contributed by atoms with E-state index in [1.165, 1.54) is 28.8 Å². The number of thioether (sulfide) groups is 1. The van der Waals surface area contributed by atoms with Crippen molar-refractivity contribution in [3.8, 4) is 0 Å². The Morgan fingerprint density at radius 3 is 2.44 bits per heavy atom. The van der Waals surface area contributed by atoms with E-state index in [1.54, 1.807) is 45.0 Å².